The van der Waals surface area contributed by atoms with Crippen molar-refractivity contribution in [2.45, 2.75) is 45.6 Å². The van der Waals surface area contributed by atoms with Crippen LogP contribution in [-0.2, 0) is 24.1 Å². The Balaban J connectivity index is 2.41. The van der Waals surface area contributed by atoms with Gasteiger partial charge in [-0.05, 0) is 33.1 Å². The zero-order chi connectivity index (χ0) is 11.0. The maximum absolute atomic E-state index is 10.7. The van der Waals surface area contributed by atoms with Gasteiger partial charge in [-0.1, -0.05) is 0 Å². The van der Waals surface area contributed by atoms with Crippen molar-refractivity contribution in [2.75, 3.05) is 0 Å². The molecule has 0 unspecified atom stereocenters. The summed E-state index contributed by atoms with van der Waals surface area (Å²) in [6.07, 6.45) is 3.23. The molecule has 1 heterocycles. The first-order valence-electron chi connectivity index (χ1n) is 5.40. The zero-order valence-electron chi connectivity index (χ0n) is 9.16. The molecule has 1 aromatic heterocycles. The Labute approximate surface area is 88.9 Å². The molecular weight excluding hydrogens is 192 g/mol. The van der Waals surface area contributed by atoms with E-state index < -0.39 is 5.97 Å². The minimum absolute atomic E-state index is 0.0329. The number of aliphatic carboxylic acids is 1. The SMILES string of the molecule is CC(C)n1c(CC(=O)O)nc2c1CCC2. The summed E-state index contributed by atoms with van der Waals surface area (Å²) in [5.74, 6) is -0.0947. The van der Waals surface area contributed by atoms with E-state index in [1.807, 2.05) is 0 Å². The van der Waals surface area contributed by atoms with Crippen molar-refractivity contribution in [3.05, 3.63) is 17.2 Å². The van der Waals surface area contributed by atoms with Gasteiger partial charge in [-0.2, -0.15) is 0 Å². The molecule has 0 fully saturated rings. The molecule has 0 bridgehead atoms. The second kappa shape index (κ2) is 3.68. The molecule has 82 valence electrons. The van der Waals surface area contributed by atoms with Crippen LogP contribution < -0.4 is 0 Å². The summed E-state index contributed by atoms with van der Waals surface area (Å²) in [5.41, 5.74) is 2.36. The topological polar surface area (TPSA) is 55.1 Å². The number of carbonyl (C=O) groups is 1. The lowest BCUT2D eigenvalue weighted by Gasteiger charge is -2.13. The quantitative estimate of drug-likeness (QED) is 0.820. The van der Waals surface area contributed by atoms with Gasteiger partial charge in [-0.25, -0.2) is 4.98 Å². The highest BCUT2D eigenvalue weighted by atomic mass is 16.4. The second-order valence-corrected chi connectivity index (χ2v) is 4.31. The molecule has 15 heavy (non-hydrogen) atoms. The highest BCUT2D eigenvalue weighted by Crippen LogP contribution is 2.26. The van der Waals surface area contributed by atoms with Gasteiger partial charge < -0.3 is 9.67 Å². The largest absolute Gasteiger partial charge is 0.481 e. The van der Waals surface area contributed by atoms with Crippen LogP contribution in [-0.4, -0.2) is 20.6 Å². The summed E-state index contributed by atoms with van der Waals surface area (Å²) in [4.78, 5) is 15.2. The van der Waals surface area contributed by atoms with Crippen molar-refractivity contribution in [3.8, 4) is 0 Å². The van der Waals surface area contributed by atoms with Crippen molar-refractivity contribution in [1.82, 2.24) is 9.55 Å². The summed E-state index contributed by atoms with van der Waals surface area (Å²) in [6.45, 7) is 4.15. The number of rotatable bonds is 3. The Kier molecular flexibility index (Phi) is 2.50. The lowest BCUT2D eigenvalue weighted by molar-refractivity contribution is -0.136. The van der Waals surface area contributed by atoms with E-state index in [1.165, 1.54) is 5.69 Å². The molecule has 1 N–H and O–H groups in total. The first-order chi connectivity index (χ1) is 7.09. The Morgan fingerprint density at radius 3 is 2.87 bits per heavy atom. The standard InChI is InChI=1S/C11H16N2O2/c1-7(2)13-9-5-3-4-8(9)12-10(13)6-11(14)15/h7H,3-6H2,1-2H3,(H,14,15). The van der Waals surface area contributed by atoms with E-state index in [2.05, 4.69) is 23.4 Å². The third-order valence-electron chi connectivity index (χ3n) is 2.82. The van der Waals surface area contributed by atoms with Crippen LogP contribution in [0.1, 0.15) is 43.5 Å². The summed E-state index contributed by atoms with van der Waals surface area (Å²) in [7, 11) is 0. The predicted octanol–water partition coefficient (Wildman–Crippen LogP) is 1.58. The monoisotopic (exact) mass is 208 g/mol. The number of imidazole rings is 1. The number of nitrogens with zero attached hydrogens (tertiary/aromatic N) is 2. The second-order valence-electron chi connectivity index (χ2n) is 4.31. The number of carboxylic acid groups (broad SMARTS) is 1. The Morgan fingerprint density at radius 1 is 1.53 bits per heavy atom. The molecule has 0 saturated carbocycles. The van der Waals surface area contributed by atoms with E-state index in [-0.39, 0.29) is 6.42 Å². The van der Waals surface area contributed by atoms with Gasteiger partial charge >= 0.3 is 5.97 Å². The van der Waals surface area contributed by atoms with Gasteiger partial charge in [0.2, 0.25) is 0 Å². The Hall–Kier alpha value is -1.32. The number of hydrogen-bond acceptors (Lipinski definition) is 2. The number of carboxylic acids is 1. The fourth-order valence-electron chi connectivity index (χ4n) is 2.33. The average molecular weight is 208 g/mol. The summed E-state index contributed by atoms with van der Waals surface area (Å²) in [6, 6.07) is 0.300. The first-order valence-corrected chi connectivity index (χ1v) is 5.40. The third-order valence-corrected chi connectivity index (χ3v) is 2.82. The smallest absolute Gasteiger partial charge is 0.311 e. The lowest BCUT2D eigenvalue weighted by atomic mass is 10.3. The van der Waals surface area contributed by atoms with E-state index >= 15 is 0 Å². The maximum atomic E-state index is 10.7. The van der Waals surface area contributed by atoms with Gasteiger partial charge in [0.25, 0.3) is 0 Å². The molecular formula is C11H16N2O2. The molecule has 1 aliphatic rings. The summed E-state index contributed by atoms with van der Waals surface area (Å²) in [5, 5.41) is 8.81. The fraction of sp³-hybridized carbons (Fsp3) is 0.636. The summed E-state index contributed by atoms with van der Waals surface area (Å²) >= 11 is 0. The van der Waals surface area contributed by atoms with Gasteiger partial charge in [-0.3, -0.25) is 4.79 Å². The van der Waals surface area contributed by atoms with Gasteiger partial charge in [0, 0.05) is 11.7 Å². The molecule has 2 rings (SSSR count). The molecule has 1 aromatic rings. The number of hydrogen-bond donors (Lipinski definition) is 1. The minimum Gasteiger partial charge on any atom is -0.481 e. The van der Waals surface area contributed by atoms with Crippen LogP contribution >= 0.6 is 0 Å². The molecule has 0 aromatic carbocycles. The molecule has 0 aliphatic heterocycles. The lowest BCUT2D eigenvalue weighted by Crippen LogP contribution is -2.13. The van der Waals surface area contributed by atoms with Crippen molar-refractivity contribution >= 4 is 5.97 Å². The highest BCUT2D eigenvalue weighted by Gasteiger charge is 2.23. The molecule has 0 radical (unpaired) electrons. The van der Waals surface area contributed by atoms with Crippen LogP contribution in [0.25, 0.3) is 0 Å². The van der Waals surface area contributed by atoms with Crippen LogP contribution in [0.3, 0.4) is 0 Å². The van der Waals surface area contributed by atoms with Gasteiger partial charge in [-0.15, -0.1) is 0 Å². The number of fused-ring (bicyclic) bond motifs is 1. The van der Waals surface area contributed by atoms with E-state index in [1.54, 1.807) is 0 Å². The molecule has 4 heteroatoms. The van der Waals surface area contributed by atoms with Crippen molar-refractivity contribution in [3.63, 3.8) is 0 Å². The van der Waals surface area contributed by atoms with Crippen LogP contribution in [0, 0.1) is 0 Å². The van der Waals surface area contributed by atoms with Crippen molar-refractivity contribution in [1.29, 1.82) is 0 Å². The zero-order valence-corrected chi connectivity index (χ0v) is 9.16. The van der Waals surface area contributed by atoms with Gasteiger partial charge in [0.15, 0.2) is 0 Å². The highest BCUT2D eigenvalue weighted by molar-refractivity contribution is 5.69. The average Bonchev–Trinajstić information content (AvgIpc) is 2.60. The molecule has 0 atom stereocenters. The van der Waals surface area contributed by atoms with Crippen molar-refractivity contribution in [2.24, 2.45) is 0 Å². The predicted molar refractivity (Wildman–Crippen MR) is 56.0 cm³/mol. The molecule has 0 saturated heterocycles. The molecule has 0 spiro atoms. The van der Waals surface area contributed by atoms with E-state index in [4.69, 9.17) is 5.11 Å². The Bertz CT molecular complexity index is 394. The summed E-state index contributed by atoms with van der Waals surface area (Å²) < 4.78 is 2.09. The van der Waals surface area contributed by atoms with E-state index in [0.29, 0.717) is 11.9 Å². The van der Waals surface area contributed by atoms with Crippen LogP contribution in [0.2, 0.25) is 0 Å². The normalized spacial score (nSPS) is 14.6. The van der Waals surface area contributed by atoms with Gasteiger partial charge in [0.1, 0.15) is 12.2 Å². The molecule has 0 amide bonds. The van der Waals surface area contributed by atoms with Crippen LogP contribution in [0.4, 0.5) is 0 Å². The number of aromatic nitrogens is 2. The maximum Gasteiger partial charge on any atom is 0.311 e. The van der Waals surface area contributed by atoms with E-state index in [9.17, 15) is 4.79 Å². The van der Waals surface area contributed by atoms with Gasteiger partial charge in [0.05, 0.1) is 5.69 Å². The van der Waals surface area contributed by atoms with Crippen LogP contribution in [0.15, 0.2) is 0 Å². The molecule has 4 nitrogen and oxygen atoms in total. The Morgan fingerprint density at radius 2 is 2.27 bits per heavy atom. The third kappa shape index (κ3) is 1.76. The fourth-order valence-corrected chi connectivity index (χ4v) is 2.33. The minimum atomic E-state index is -0.805. The number of aryl methyl sites for hydroxylation is 1. The molecule has 1 aliphatic carbocycles. The van der Waals surface area contributed by atoms with Crippen molar-refractivity contribution < 1.29 is 9.90 Å². The first kappa shape index (κ1) is 10.2. The van der Waals surface area contributed by atoms with E-state index in [0.717, 1.165) is 25.0 Å². The van der Waals surface area contributed by atoms with Crippen LogP contribution in [0.5, 0.6) is 0 Å².